The first kappa shape index (κ1) is 13.2. The number of hydrogen-bond donors (Lipinski definition) is 1. The number of tetrazole rings is 1. The van der Waals surface area contributed by atoms with Gasteiger partial charge in [-0.1, -0.05) is 6.92 Å². The molecule has 2 heterocycles. The molecule has 0 saturated carbocycles. The molecule has 1 fully saturated rings. The summed E-state index contributed by atoms with van der Waals surface area (Å²) in [5.41, 5.74) is 6.30. The van der Waals surface area contributed by atoms with Gasteiger partial charge in [0.15, 0.2) is 5.82 Å². The Kier molecular flexibility index (Phi) is 4.69. The number of aromatic nitrogens is 4. The van der Waals surface area contributed by atoms with Crippen molar-refractivity contribution in [1.82, 2.24) is 20.2 Å². The zero-order chi connectivity index (χ0) is 12.3. The normalized spacial score (nSPS) is 27.0. The lowest BCUT2D eigenvalue weighted by Crippen LogP contribution is -2.43. The molecule has 2 rings (SSSR count). The Labute approximate surface area is 110 Å². The SMILES string of the molecule is CCC1SCCSC1C(N)Cc1nnn(C)n1. The number of thioether (sulfide) groups is 2. The van der Waals surface area contributed by atoms with Crippen LogP contribution in [0.2, 0.25) is 0 Å². The monoisotopic (exact) mass is 273 g/mol. The zero-order valence-corrected chi connectivity index (χ0v) is 11.9. The smallest absolute Gasteiger partial charge is 0.176 e. The van der Waals surface area contributed by atoms with E-state index < -0.39 is 0 Å². The van der Waals surface area contributed by atoms with Crippen LogP contribution in [0.5, 0.6) is 0 Å². The molecule has 1 aromatic heterocycles. The van der Waals surface area contributed by atoms with Crippen LogP contribution in [0.3, 0.4) is 0 Å². The van der Waals surface area contributed by atoms with E-state index in [1.54, 1.807) is 7.05 Å². The van der Waals surface area contributed by atoms with Gasteiger partial charge in [0.05, 0.1) is 7.05 Å². The molecule has 0 radical (unpaired) electrons. The molecule has 1 saturated heterocycles. The first-order chi connectivity index (χ1) is 8.20. The summed E-state index contributed by atoms with van der Waals surface area (Å²) in [5.74, 6) is 3.20. The fourth-order valence-electron chi connectivity index (χ4n) is 2.07. The van der Waals surface area contributed by atoms with E-state index in [-0.39, 0.29) is 6.04 Å². The van der Waals surface area contributed by atoms with Crippen LogP contribution < -0.4 is 5.73 Å². The quantitative estimate of drug-likeness (QED) is 0.871. The van der Waals surface area contributed by atoms with E-state index >= 15 is 0 Å². The van der Waals surface area contributed by atoms with E-state index in [0.717, 1.165) is 12.2 Å². The molecule has 0 bridgehead atoms. The van der Waals surface area contributed by atoms with Gasteiger partial charge in [0.25, 0.3) is 0 Å². The van der Waals surface area contributed by atoms with Crippen LogP contribution in [0.4, 0.5) is 0 Å². The van der Waals surface area contributed by atoms with Crippen molar-refractivity contribution in [3.8, 4) is 0 Å². The highest BCUT2D eigenvalue weighted by Crippen LogP contribution is 2.35. The molecular weight excluding hydrogens is 254 g/mol. The van der Waals surface area contributed by atoms with Crippen molar-refractivity contribution in [1.29, 1.82) is 0 Å². The minimum absolute atomic E-state index is 0.127. The highest BCUT2D eigenvalue weighted by molar-refractivity contribution is 8.07. The molecule has 5 nitrogen and oxygen atoms in total. The molecule has 1 aliphatic heterocycles. The van der Waals surface area contributed by atoms with Crippen LogP contribution in [-0.4, -0.2) is 48.3 Å². The largest absolute Gasteiger partial charge is 0.326 e. The van der Waals surface area contributed by atoms with Crippen LogP contribution >= 0.6 is 23.5 Å². The fraction of sp³-hybridized carbons (Fsp3) is 0.900. The number of nitrogens with zero attached hydrogens (tertiary/aromatic N) is 4. The molecule has 3 unspecified atom stereocenters. The Bertz CT molecular complexity index is 356. The van der Waals surface area contributed by atoms with Gasteiger partial charge in [-0.25, -0.2) is 0 Å². The van der Waals surface area contributed by atoms with Gasteiger partial charge < -0.3 is 5.73 Å². The third-order valence-corrected chi connectivity index (χ3v) is 6.31. The van der Waals surface area contributed by atoms with Crippen molar-refractivity contribution in [3.63, 3.8) is 0 Å². The molecule has 96 valence electrons. The minimum atomic E-state index is 0.127. The molecule has 0 aliphatic carbocycles. The first-order valence-corrected chi connectivity index (χ1v) is 8.02. The molecular formula is C10H19N5S2. The van der Waals surface area contributed by atoms with Crippen LogP contribution in [0, 0.1) is 0 Å². The van der Waals surface area contributed by atoms with Gasteiger partial charge in [0.1, 0.15) is 0 Å². The lowest BCUT2D eigenvalue weighted by molar-refractivity contribution is 0.579. The molecule has 3 atom stereocenters. The second-order valence-corrected chi connectivity index (χ2v) is 6.85. The maximum atomic E-state index is 6.30. The number of aryl methyl sites for hydroxylation is 1. The maximum absolute atomic E-state index is 6.30. The average Bonchev–Trinajstić information content (AvgIpc) is 2.74. The molecule has 1 aromatic rings. The van der Waals surface area contributed by atoms with Crippen molar-refractivity contribution in [2.75, 3.05) is 11.5 Å². The molecule has 1 aliphatic rings. The van der Waals surface area contributed by atoms with Crippen molar-refractivity contribution in [2.45, 2.75) is 36.3 Å². The predicted octanol–water partition coefficient (Wildman–Crippen LogP) is 0.707. The molecule has 17 heavy (non-hydrogen) atoms. The fourth-order valence-corrected chi connectivity index (χ4v) is 5.26. The van der Waals surface area contributed by atoms with Gasteiger partial charge in [-0.05, 0) is 11.6 Å². The summed E-state index contributed by atoms with van der Waals surface area (Å²) >= 11 is 4.05. The Morgan fingerprint density at radius 3 is 2.88 bits per heavy atom. The van der Waals surface area contributed by atoms with E-state index in [2.05, 4.69) is 34.1 Å². The molecule has 0 aromatic carbocycles. The molecule has 0 spiro atoms. The summed E-state index contributed by atoms with van der Waals surface area (Å²) in [4.78, 5) is 1.49. The van der Waals surface area contributed by atoms with Gasteiger partial charge in [0.2, 0.25) is 0 Å². The second-order valence-electron chi connectivity index (χ2n) is 4.22. The standard InChI is InChI=1S/C10H19N5S2/c1-3-8-10(17-5-4-16-8)7(11)6-9-12-14-15(2)13-9/h7-8,10H,3-6,11H2,1-2H3. The summed E-state index contributed by atoms with van der Waals surface area (Å²) in [6.07, 6.45) is 1.91. The Balaban J connectivity index is 1.95. The van der Waals surface area contributed by atoms with Crippen molar-refractivity contribution in [3.05, 3.63) is 5.82 Å². The zero-order valence-electron chi connectivity index (χ0n) is 10.2. The van der Waals surface area contributed by atoms with Gasteiger partial charge >= 0.3 is 0 Å². The van der Waals surface area contributed by atoms with Crippen molar-refractivity contribution >= 4 is 23.5 Å². The first-order valence-electron chi connectivity index (χ1n) is 5.92. The number of rotatable bonds is 4. The summed E-state index contributed by atoms with van der Waals surface area (Å²) in [6.45, 7) is 2.24. The summed E-state index contributed by atoms with van der Waals surface area (Å²) < 4.78 is 0. The van der Waals surface area contributed by atoms with Crippen molar-refractivity contribution in [2.24, 2.45) is 12.8 Å². The Morgan fingerprint density at radius 2 is 2.24 bits per heavy atom. The van der Waals surface area contributed by atoms with Gasteiger partial charge in [-0.3, -0.25) is 0 Å². The second kappa shape index (κ2) is 6.06. The lowest BCUT2D eigenvalue weighted by atomic mass is 10.1. The number of nitrogens with two attached hydrogens (primary N) is 1. The summed E-state index contributed by atoms with van der Waals surface area (Å²) in [5, 5.41) is 13.2. The van der Waals surface area contributed by atoms with Crippen LogP contribution in [0.15, 0.2) is 0 Å². The van der Waals surface area contributed by atoms with Crippen LogP contribution in [0.1, 0.15) is 19.2 Å². The third kappa shape index (κ3) is 3.35. The Morgan fingerprint density at radius 1 is 1.47 bits per heavy atom. The van der Waals surface area contributed by atoms with E-state index in [0.29, 0.717) is 10.5 Å². The summed E-state index contributed by atoms with van der Waals surface area (Å²) in [7, 11) is 1.78. The minimum Gasteiger partial charge on any atom is -0.326 e. The van der Waals surface area contributed by atoms with Crippen molar-refractivity contribution < 1.29 is 0 Å². The average molecular weight is 273 g/mol. The predicted molar refractivity (Wildman–Crippen MR) is 73.3 cm³/mol. The number of hydrogen-bond acceptors (Lipinski definition) is 6. The molecule has 0 amide bonds. The third-order valence-electron chi connectivity index (χ3n) is 2.88. The topological polar surface area (TPSA) is 69.6 Å². The molecule has 2 N–H and O–H groups in total. The summed E-state index contributed by atoms with van der Waals surface area (Å²) in [6, 6.07) is 0.127. The van der Waals surface area contributed by atoms with E-state index in [9.17, 15) is 0 Å². The Hall–Kier alpha value is -0.270. The van der Waals surface area contributed by atoms with E-state index in [4.69, 9.17) is 5.73 Å². The van der Waals surface area contributed by atoms with E-state index in [1.165, 1.54) is 22.7 Å². The van der Waals surface area contributed by atoms with Crippen LogP contribution in [-0.2, 0) is 13.5 Å². The highest BCUT2D eigenvalue weighted by atomic mass is 32.2. The van der Waals surface area contributed by atoms with E-state index in [1.807, 2.05) is 11.8 Å². The van der Waals surface area contributed by atoms with Gasteiger partial charge in [-0.2, -0.15) is 28.3 Å². The van der Waals surface area contributed by atoms with Gasteiger partial charge in [0, 0.05) is 34.5 Å². The molecule has 7 heteroatoms. The lowest BCUT2D eigenvalue weighted by Gasteiger charge is -2.33. The maximum Gasteiger partial charge on any atom is 0.176 e. The van der Waals surface area contributed by atoms with Gasteiger partial charge in [-0.15, -0.1) is 10.2 Å². The van der Waals surface area contributed by atoms with Crippen LogP contribution in [0.25, 0.3) is 0 Å². The highest BCUT2D eigenvalue weighted by Gasteiger charge is 2.30.